The Kier molecular flexibility index (Phi) is 6.74. The molecule has 0 radical (unpaired) electrons. The van der Waals surface area contributed by atoms with Crippen LogP contribution in [0.5, 0.6) is 11.5 Å². The quantitative estimate of drug-likeness (QED) is 0.646. The maximum Gasteiger partial charge on any atom is 0.135 e. The van der Waals surface area contributed by atoms with E-state index in [2.05, 4.69) is 4.90 Å². The average molecular weight is 445 g/mol. The zero-order chi connectivity index (χ0) is 21.8. The number of amidine groups is 1. The summed E-state index contributed by atoms with van der Waals surface area (Å²) < 4.78 is 16.2. The number of hydrogen-bond acceptors (Lipinski definition) is 8. The third-order valence-electron chi connectivity index (χ3n) is 5.59. The lowest BCUT2D eigenvalue weighted by atomic mass is 10.1. The van der Waals surface area contributed by atoms with Crippen molar-refractivity contribution in [2.24, 2.45) is 0 Å². The van der Waals surface area contributed by atoms with Crippen LogP contribution in [0.4, 0.5) is 0 Å². The Balaban J connectivity index is 1.45. The van der Waals surface area contributed by atoms with Crippen molar-refractivity contribution < 1.29 is 19.3 Å². The van der Waals surface area contributed by atoms with Gasteiger partial charge in [0, 0.05) is 37.1 Å². The number of hydrogen-bond donors (Lipinski definition) is 2. The van der Waals surface area contributed by atoms with Gasteiger partial charge >= 0.3 is 0 Å². The molecule has 0 bridgehead atoms. The first kappa shape index (κ1) is 21.6. The van der Waals surface area contributed by atoms with Crippen LogP contribution in [0.15, 0.2) is 29.3 Å². The molecule has 0 atom stereocenters. The highest BCUT2D eigenvalue weighted by molar-refractivity contribution is 7.11. The van der Waals surface area contributed by atoms with E-state index in [9.17, 15) is 5.11 Å². The number of methoxy groups -OCH3 is 2. The molecule has 2 aromatic rings. The van der Waals surface area contributed by atoms with E-state index in [0.29, 0.717) is 34.5 Å². The van der Waals surface area contributed by atoms with Crippen LogP contribution in [0.2, 0.25) is 0 Å². The molecule has 9 heteroatoms. The summed E-state index contributed by atoms with van der Waals surface area (Å²) in [4.78, 5) is 9.01. The van der Waals surface area contributed by atoms with Gasteiger partial charge in [-0.15, -0.1) is 11.3 Å². The fraction of sp³-hybridized carbons (Fsp3) is 0.455. The van der Waals surface area contributed by atoms with Gasteiger partial charge in [0.1, 0.15) is 28.1 Å². The van der Waals surface area contributed by atoms with E-state index in [-0.39, 0.29) is 5.76 Å². The van der Waals surface area contributed by atoms with Crippen molar-refractivity contribution in [3.05, 3.63) is 34.3 Å². The lowest BCUT2D eigenvalue weighted by molar-refractivity contribution is 0.0368. The SMILES string of the molecule is COc1ccc(OC)c(-c2csc(C3=C(O)CN(CCCN4CCOCC4)C3=N)n2)c1. The predicted octanol–water partition coefficient (Wildman–Crippen LogP) is 3.11. The van der Waals surface area contributed by atoms with E-state index < -0.39 is 0 Å². The molecular formula is C22H28N4O4S. The van der Waals surface area contributed by atoms with E-state index in [1.54, 1.807) is 14.2 Å². The molecule has 0 saturated carbocycles. The van der Waals surface area contributed by atoms with Gasteiger partial charge < -0.3 is 24.2 Å². The lowest BCUT2D eigenvalue weighted by Gasteiger charge is -2.27. The molecule has 4 rings (SSSR count). The molecule has 0 unspecified atom stereocenters. The van der Waals surface area contributed by atoms with Crippen LogP contribution < -0.4 is 9.47 Å². The van der Waals surface area contributed by atoms with E-state index in [1.807, 2.05) is 28.5 Å². The summed E-state index contributed by atoms with van der Waals surface area (Å²) in [7, 11) is 3.24. The molecule has 0 spiro atoms. The summed E-state index contributed by atoms with van der Waals surface area (Å²) in [5, 5.41) is 21.7. The van der Waals surface area contributed by atoms with Gasteiger partial charge in [0.05, 0.1) is 45.2 Å². The normalized spacial score (nSPS) is 17.5. The smallest absolute Gasteiger partial charge is 0.135 e. The summed E-state index contributed by atoms with van der Waals surface area (Å²) >= 11 is 1.42. The molecule has 2 aliphatic heterocycles. The van der Waals surface area contributed by atoms with Gasteiger partial charge in [0.15, 0.2) is 0 Å². The van der Waals surface area contributed by atoms with Gasteiger partial charge in [-0.2, -0.15) is 0 Å². The van der Waals surface area contributed by atoms with Crippen LogP contribution in [-0.2, 0) is 4.74 Å². The molecule has 1 fully saturated rings. The van der Waals surface area contributed by atoms with Crippen LogP contribution in [0.25, 0.3) is 16.8 Å². The number of nitrogens with zero attached hydrogens (tertiary/aromatic N) is 3. The second-order valence-corrected chi connectivity index (χ2v) is 8.36. The minimum Gasteiger partial charge on any atom is -0.510 e. The zero-order valence-electron chi connectivity index (χ0n) is 17.9. The first-order valence-electron chi connectivity index (χ1n) is 10.3. The molecule has 8 nitrogen and oxygen atoms in total. The van der Waals surface area contributed by atoms with Crippen molar-refractivity contribution in [1.29, 1.82) is 5.41 Å². The number of rotatable bonds is 8. The summed E-state index contributed by atoms with van der Waals surface area (Å²) in [6.07, 6.45) is 0.938. The Hall–Kier alpha value is -2.62. The maximum absolute atomic E-state index is 10.6. The van der Waals surface area contributed by atoms with E-state index in [4.69, 9.17) is 24.6 Å². The largest absolute Gasteiger partial charge is 0.510 e. The van der Waals surface area contributed by atoms with Crippen LogP contribution in [0.1, 0.15) is 11.4 Å². The first-order chi connectivity index (χ1) is 15.1. The Morgan fingerprint density at radius 1 is 1.19 bits per heavy atom. The van der Waals surface area contributed by atoms with Crippen molar-refractivity contribution in [3.63, 3.8) is 0 Å². The molecule has 1 aromatic carbocycles. The van der Waals surface area contributed by atoms with E-state index in [0.717, 1.165) is 57.1 Å². The number of thiazole rings is 1. The van der Waals surface area contributed by atoms with Crippen molar-refractivity contribution in [2.75, 3.05) is 60.2 Å². The topological polar surface area (TPSA) is 91.1 Å². The third-order valence-corrected chi connectivity index (χ3v) is 6.45. The summed E-state index contributed by atoms with van der Waals surface area (Å²) in [6.45, 7) is 5.55. The molecule has 0 amide bonds. The molecule has 2 aliphatic rings. The second-order valence-electron chi connectivity index (χ2n) is 7.50. The van der Waals surface area contributed by atoms with Crippen LogP contribution in [0, 0.1) is 5.41 Å². The van der Waals surface area contributed by atoms with Crippen molar-refractivity contribution in [1.82, 2.24) is 14.8 Å². The fourth-order valence-electron chi connectivity index (χ4n) is 3.89. The summed E-state index contributed by atoms with van der Waals surface area (Å²) in [5.74, 6) is 1.95. The number of benzene rings is 1. The molecule has 31 heavy (non-hydrogen) atoms. The second kappa shape index (κ2) is 9.67. The number of nitrogens with one attached hydrogen (secondary N) is 1. The van der Waals surface area contributed by atoms with Crippen molar-refractivity contribution >= 4 is 22.7 Å². The molecule has 1 aromatic heterocycles. The molecule has 3 heterocycles. The third kappa shape index (κ3) is 4.68. The minimum absolute atomic E-state index is 0.204. The molecule has 1 saturated heterocycles. The van der Waals surface area contributed by atoms with Crippen molar-refractivity contribution in [2.45, 2.75) is 6.42 Å². The van der Waals surface area contributed by atoms with Gasteiger partial charge in [-0.1, -0.05) is 0 Å². The van der Waals surface area contributed by atoms with Crippen LogP contribution >= 0.6 is 11.3 Å². The Morgan fingerprint density at radius 2 is 2.00 bits per heavy atom. The Bertz CT molecular complexity index is 968. The number of ether oxygens (including phenoxy) is 3. The average Bonchev–Trinajstić information content (AvgIpc) is 3.38. The van der Waals surface area contributed by atoms with Gasteiger partial charge in [0.2, 0.25) is 0 Å². The highest BCUT2D eigenvalue weighted by Gasteiger charge is 2.30. The number of aliphatic hydroxyl groups is 1. The highest BCUT2D eigenvalue weighted by atomic mass is 32.1. The molecule has 2 N–H and O–H groups in total. The van der Waals surface area contributed by atoms with Gasteiger partial charge in [-0.3, -0.25) is 10.3 Å². The summed E-state index contributed by atoms with van der Waals surface area (Å²) in [6, 6.07) is 5.56. The summed E-state index contributed by atoms with van der Waals surface area (Å²) in [5.41, 5.74) is 2.07. The van der Waals surface area contributed by atoms with Crippen LogP contribution in [-0.4, -0.2) is 85.9 Å². The monoisotopic (exact) mass is 444 g/mol. The van der Waals surface area contributed by atoms with Crippen molar-refractivity contribution in [3.8, 4) is 22.8 Å². The van der Waals surface area contributed by atoms with E-state index in [1.165, 1.54) is 11.3 Å². The highest BCUT2D eigenvalue weighted by Crippen LogP contribution is 2.37. The standard InChI is InChI=1S/C22H28N4O4S/c1-28-15-4-5-19(29-2)16(12-15)17-14-31-22(24-17)20-18(27)13-26(21(20)23)7-3-6-25-8-10-30-11-9-25/h4-5,12,14,23,27H,3,6-11,13H2,1-2H3. The van der Waals surface area contributed by atoms with E-state index >= 15 is 0 Å². The number of aliphatic hydroxyl groups excluding tert-OH is 1. The Labute approximate surface area is 186 Å². The fourth-order valence-corrected chi connectivity index (χ4v) is 4.77. The lowest BCUT2D eigenvalue weighted by Crippen LogP contribution is -2.38. The Morgan fingerprint density at radius 3 is 2.74 bits per heavy atom. The minimum atomic E-state index is 0.204. The maximum atomic E-state index is 10.6. The molecular weight excluding hydrogens is 416 g/mol. The molecule has 0 aliphatic carbocycles. The van der Waals surface area contributed by atoms with Crippen LogP contribution in [0.3, 0.4) is 0 Å². The van der Waals surface area contributed by atoms with Gasteiger partial charge in [0.25, 0.3) is 0 Å². The predicted molar refractivity (Wildman–Crippen MR) is 121 cm³/mol. The molecule has 166 valence electrons. The zero-order valence-corrected chi connectivity index (χ0v) is 18.7. The van der Waals surface area contributed by atoms with Gasteiger partial charge in [-0.25, -0.2) is 4.98 Å². The first-order valence-corrected chi connectivity index (χ1v) is 11.2. The number of morpholine rings is 1. The van der Waals surface area contributed by atoms with Gasteiger partial charge in [-0.05, 0) is 24.6 Å². The number of aromatic nitrogens is 1.